The number of amides is 3. The molecule has 3 amide bonds. The van der Waals surface area contributed by atoms with Gasteiger partial charge in [-0.25, -0.2) is 0 Å². The minimum absolute atomic E-state index is 0.00549. The number of aliphatic hydroxyl groups excluding tert-OH is 1. The van der Waals surface area contributed by atoms with Gasteiger partial charge < -0.3 is 30.7 Å². The number of nitrogens with one attached hydrogen (secondary N) is 1. The molecule has 0 spiro atoms. The quantitative estimate of drug-likeness (QED) is 0.501. The Bertz CT molecular complexity index is 861. The van der Waals surface area contributed by atoms with E-state index in [1.54, 1.807) is 24.0 Å². The number of aliphatic hydroxyl groups is 1. The third kappa shape index (κ3) is 6.66. The summed E-state index contributed by atoms with van der Waals surface area (Å²) in [7, 11) is 0. The van der Waals surface area contributed by atoms with Gasteiger partial charge in [0.2, 0.25) is 17.7 Å². The fourth-order valence-electron chi connectivity index (χ4n) is 4.28. The molecule has 2 aliphatic heterocycles. The number of carbonyl (C=O) groups is 3. The van der Waals surface area contributed by atoms with Gasteiger partial charge in [-0.05, 0) is 29.7 Å². The lowest BCUT2D eigenvalue weighted by Crippen LogP contribution is -2.47. The molecular weight excluding hydrogens is 448 g/mol. The molecule has 182 valence electrons. The molecule has 1 aromatic rings. The predicted octanol–water partition coefficient (Wildman–Crippen LogP) is 0.652. The minimum Gasteiger partial charge on any atom is -0.391 e. The van der Waals surface area contributed by atoms with Gasteiger partial charge in [-0.3, -0.25) is 14.4 Å². The number of likely N-dealkylation sites (tertiary alicyclic amines) is 1. The number of hydrogen-bond donors (Lipinski definition) is 3. The first-order chi connectivity index (χ1) is 15.8. The van der Waals surface area contributed by atoms with Gasteiger partial charge in [0, 0.05) is 56.5 Å². The third-order valence-electron chi connectivity index (χ3n) is 6.28. The molecule has 0 aliphatic carbocycles. The van der Waals surface area contributed by atoms with Gasteiger partial charge in [-0.1, -0.05) is 24.6 Å². The predicted molar refractivity (Wildman–Crippen MR) is 123 cm³/mol. The molecule has 1 aromatic carbocycles. The van der Waals surface area contributed by atoms with E-state index in [4.69, 9.17) is 22.1 Å². The minimum atomic E-state index is -0.766. The maximum Gasteiger partial charge on any atom is 0.243 e. The fourth-order valence-corrected chi connectivity index (χ4v) is 4.48. The Morgan fingerprint density at radius 3 is 2.70 bits per heavy atom. The normalized spacial score (nSPS) is 21.7. The number of halogens is 1. The number of rotatable bonds is 8. The van der Waals surface area contributed by atoms with Gasteiger partial charge in [-0.15, -0.1) is 0 Å². The van der Waals surface area contributed by atoms with Gasteiger partial charge >= 0.3 is 0 Å². The summed E-state index contributed by atoms with van der Waals surface area (Å²) in [6, 6.07) is 4.56. The SMILES string of the molecule is C[C@H](CCC(=O)N1CCOCC1)C(=O)N1C[C@@H](O)C[C@H]1C(=O)NCc1cc(Cl)ccc1CN. The first kappa shape index (κ1) is 25.4. The van der Waals surface area contributed by atoms with E-state index in [1.165, 1.54) is 4.90 Å². The van der Waals surface area contributed by atoms with Crippen molar-refractivity contribution in [3.8, 4) is 0 Å². The van der Waals surface area contributed by atoms with E-state index < -0.39 is 18.1 Å². The topological polar surface area (TPSA) is 125 Å². The molecule has 4 N–H and O–H groups in total. The highest BCUT2D eigenvalue weighted by atomic mass is 35.5. The van der Waals surface area contributed by atoms with E-state index in [0.29, 0.717) is 44.3 Å². The molecule has 3 atom stereocenters. The second-order valence-electron chi connectivity index (χ2n) is 8.66. The third-order valence-corrected chi connectivity index (χ3v) is 6.52. The molecule has 0 aromatic heterocycles. The number of ether oxygens (including phenoxy) is 1. The largest absolute Gasteiger partial charge is 0.391 e. The van der Waals surface area contributed by atoms with Crippen molar-refractivity contribution < 1.29 is 24.2 Å². The molecule has 0 radical (unpaired) electrons. The summed E-state index contributed by atoms with van der Waals surface area (Å²) in [5, 5.41) is 13.6. The Balaban J connectivity index is 1.56. The molecule has 2 heterocycles. The Hall–Kier alpha value is -2.20. The van der Waals surface area contributed by atoms with Crippen LogP contribution in [0.4, 0.5) is 0 Å². The van der Waals surface area contributed by atoms with Crippen LogP contribution < -0.4 is 11.1 Å². The van der Waals surface area contributed by atoms with Crippen molar-refractivity contribution in [2.45, 2.75) is 51.4 Å². The van der Waals surface area contributed by atoms with Crippen LogP contribution in [-0.2, 0) is 32.2 Å². The molecule has 2 aliphatic rings. The Morgan fingerprint density at radius 2 is 2.00 bits per heavy atom. The maximum atomic E-state index is 13.1. The smallest absolute Gasteiger partial charge is 0.243 e. The van der Waals surface area contributed by atoms with Gasteiger partial charge in [0.1, 0.15) is 6.04 Å². The average Bonchev–Trinajstić information content (AvgIpc) is 3.22. The highest BCUT2D eigenvalue weighted by molar-refractivity contribution is 6.30. The second kappa shape index (κ2) is 11.8. The summed E-state index contributed by atoms with van der Waals surface area (Å²) in [6.45, 7) is 4.60. The van der Waals surface area contributed by atoms with Gasteiger partial charge in [-0.2, -0.15) is 0 Å². The van der Waals surface area contributed by atoms with Gasteiger partial charge in [0.05, 0.1) is 19.3 Å². The molecule has 3 rings (SSSR count). The standard InChI is InChI=1S/C23H33ClN4O5/c1-15(2-5-21(30)27-6-8-33-9-7-27)23(32)28-14-19(29)11-20(28)22(31)26-13-17-10-18(24)4-3-16(17)12-25/h3-4,10,15,19-20,29H,2,5-9,11-14,25H2,1H3,(H,26,31)/t15-,19+,20+/m1/s1. The Kier molecular flexibility index (Phi) is 9.08. The van der Waals surface area contributed by atoms with E-state index >= 15 is 0 Å². The molecule has 33 heavy (non-hydrogen) atoms. The van der Waals surface area contributed by atoms with Crippen molar-refractivity contribution in [3.63, 3.8) is 0 Å². The van der Waals surface area contributed by atoms with E-state index in [2.05, 4.69) is 5.32 Å². The van der Waals surface area contributed by atoms with Crippen LogP contribution in [0.25, 0.3) is 0 Å². The lowest BCUT2D eigenvalue weighted by atomic mass is 10.0. The van der Waals surface area contributed by atoms with Crippen LogP contribution in [-0.4, -0.2) is 77.6 Å². The van der Waals surface area contributed by atoms with Crippen LogP contribution in [0.5, 0.6) is 0 Å². The molecule has 10 heteroatoms. The van der Waals surface area contributed by atoms with Crippen LogP contribution in [0.2, 0.25) is 5.02 Å². The van der Waals surface area contributed by atoms with Crippen LogP contribution in [0.1, 0.15) is 37.3 Å². The molecule has 9 nitrogen and oxygen atoms in total. The first-order valence-electron chi connectivity index (χ1n) is 11.4. The summed E-state index contributed by atoms with van der Waals surface area (Å²) >= 11 is 6.06. The van der Waals surface area contributed by atoms with E-state index in [-0.39, 0.29) is 43.7 Å². The molecule has 0 unspecified atom stereocenters. The van der Waals surface area contributed by atoms with Crippen LogP contribution in [0.3, 0.4) is 0 Å². The van der Waals surface area contributed by atoms with Crippen molar-refractivity contribution in [2.24, 2.45) is 11.7 Å². The molecule has 0 bridgehead atoms. The van der Waals surface area contributed by atoms with Crippen molar-refractivity contribution in [2.75, 3.05) is 32.8 Å². The lowest BCUT2D eigenvalue weighted by Gasteiger charge is -2.28. The zero-order chi connectivity index (χ0) is 24.0. The number of hydrogen-bond acceptors (Lipinski definition) is 6. The Labute approximate surface area is 199 Å². The first-order valence-corrected chi connectivity index (χ1v) is 11.8. The van der Waals surface area contributed by atoms with Gasteiger partial charge in [0.15, 0.2) is 0 Å². The van der Waals surface area contributed by atoms with Crippen molar-refractivity contribution in [1.29, 1.82) is 0 Å². The zero-order valence-corrected chi connectivity index (χ0v) is 19.7. The van der Waals surface area contributed by atoms with E-state index in [1.807, 2.05) is 6.07 Å². The van der Waals surface area contributed by atoms with Crippen LogP contribution >= 0.6 is 11.6 Å². The number of nitrogens with two attached hydrogens (primary N) is 1. The van der Waals surface area contributed by atoms with E-state index in [0.717, 1.165) is 11.1 Å². The lowest BCUT2D eigenvalue weighted by molar-refractivity contribution is -0.142. The molecule has 2 fully saturated rings. The average molecular weight is 481 g/mol. The van der Waals surface area contributed by atoms with Crippen molar-refractivity contribution in [3.05, 3.63) is 34.3 Å². The zero-order valence-electron chi connectivity index (χ0n) is 19.0. The van der Waals surface area contributed by atoms with Crippen LogP contribution in [0.15, 0.2) is 18.2 Å². The number of morpholine rings is 1. The maximum absolute atomic E-state index is 13.1. The second-order valence-corrected chi connectivity index (χ2v) is 9.10. The number of nitrogens with zero attached hydrogens (tertiary/aromatic N) is 2. The number of β-amino-alcohol motifs (C(OH)–C–C–N with tert-alkyl or cyclic N) is 1. The molecule has 0 saturated carbocycles. The summed E-state index contributed by atoms with van der Waals surface area (Å²) in [4.78, 5) is 41.6. The summed E-state index contributed by atoms with van der Waals surface area (Å²) in [5.41, 5.74) is 7.45. The van der Waals surface area contributed by atoms with Crippen molar-refractivity contribution >= 4 is 29.3 Å². The van der Waals surface area contributed by atoms with Gasteiger partial charge in [0.25, 0.3) is 0 Å². The fraction of sp³-hybridized carbons (Fsp3) is 0.609. The summed E-state index contributed by atoms with van der Waals surface area (Å²) in [5.74, 6) is -0.996. The van der Waals surface area contributed by atoms with Crippen LogP contribution in [0, 0.1) is 5.92 Å². The highest BCUT2D eigenvalue weighted by Gasteiger charge is 2.40. The van der Waals surface area contributed by atoms with Crippen molar-refractivity contribution in [1.82, 2.24) is 15.1 Å². The summed E-state index contributed by atoms with van der Waals surface area (Å²) < 4.78 is 5.26. The summed E-state index contributed by atoms with van der Waals surface area (Å²) in [6.07, 6.45) is 0.0588. The highest BCUT2D eigenvalue weighted by Crippen LogP contribution is 2.23. The molecular formula is C23H33ClN4O5. The monoisotopic (exact) mass is 480 g/mol. The van der Waals surface area contributed by atoms with E-state index in [9.17, 15) is 19.5 Å². The Morgan fingerprint density at radius 1 is 1.27 bits per heavy atom. The molecule has 2 saturated heterocycles. The number of benzene rings is 1. The number of carbonyl (C=O) groups excluding carboxylic acids is 3.